The summed E-state index contributed by atoms with van der Waals surface area (Å²) in [4.78, 5) is 0. The number of phenols is 1. The Morgan fingerprint density at radius 1 is 1.14 bits per heavy atom. The van der Waals surface area contributed by atoms with Gasteiger partial charge in [-0.05, 0) is 36.6 Å². The fraction of sp³-hybridized carbons (Fsp3) is 0.294. The van der Waals surface area contributed by atoms with Crippen molar-refractivity contribution in [2.24, 2.45) is 0 Å². The molecule has 0 radical (unpaired) electrons. The Morgan fingerprint density at radius 3 is 2.57 bits per heavy atom. The summed E-state index contributed by atoms with van der Waals surface area (Å²) in [5, 5.41) is 14.0. The van der Waals surface area contributed by atoms with E-state index in [0.717, 1.165) is 18.5 Å². The third-order valence-corrected chi connectivity index (χ3v) is 4.05. The van der Waals surface area contributed by atoms with Gasteiger partial charge in [-0.1, -0.05) is 60.5 Å². The molecule has 2 nitrogen and oxygen atoms in total. The molecule has 0 heterocycles. The van der Waals surface area contributed by atoms with Gasteiger partial charge in [0, 0.05) is 17.1 Å². The molecule has 2 aromatic carbocycles. The highest BCUT2D eigenvalue weighted by Gasteiger charge is 2.08. The molecule has 0 bridgehead atoms. The molecule has 0 amide bonds. The minimum absolute atomic E-state index is 0.102. The van der Waals surface area contributed by atoms with E-state index in [4.69, 9.17) is 23.2 Å². The molecule has 2 rings (SSSR count). The number of phenolic OH excluding ortho intramolecular Hbond substituents is 1. The summed E-state index contributed by atoms with van der Waals surface area (Å²) in [7, 11) is 0. The lowest BCUT2D eigenvalue weighted by atomic mass is 9.98. The van der Waals surface area contributed by atoms with E-state index in [2.05, 4.69) is 36.5 Å². The van der Waals surface area contributed by atoms with Crippen molar-refractivity contribution in [2.45, 2.75) is 25.8 Å². The number of hydrogen-bond donors (Lipinski definition) is 2. The molecule has 0 saturated carbocycles. The predicted molar refractivity (Wildman–Crippen MR) is 89.3 cm³/mol. The first-order valence-electron chi connectivity index (χ1n) is 7.00. The highest BCUT2D eigenvalue weighted by atomic mass is 35.5. The van der Waals surface area contributed by atoms with Crippen molar-refractivity contribution in [1.82, 2.24) is 5.32 Å². The minimum Gasteiger partial charge on any atom is -0.506 e. The van der Waals surface area contributed by atoms with Gasteiger partial charge >= 0.3 is 0 Å². The number of halogens is 2. The van der Waals surface area contributed by atoms with Crippen LogP contribution in [0.4, 0.5) is 0 Å². The Labute approximate surface area is 135 Å². The van der Waals surface area contributed by atoms with Crippen molar-refractivity contribution in [1.29, 1.82) is 0 Å². The van der Waals surface area contributed by atoms with Crippen LogP contribution in [0.3, 0.4) is 0 Å². The molecule has 0 spiro atoms. The maximum atomic E-state index is 9.88. The Kier molecular flexibility index (Phi) is 5.92. The first-order chi connectivity index (χ1) is 10.1. The average molecular weight is 324 g/mol. The van der Waals surface area contributed by atoms with Crippen LogP contribution in [0, 0.1) is 0 Å². The quantitative estimate of drug-likeness (QED) is 0.734. The molecule has 0 aliphatic carbocycles. The summed E-state index contributed by atoms with van der Waals surface area (Å²) in [6.07, 6.45) is 1.03. The fourth-order valence-corrected chi connectivity index (χ4v) is 2.78. The van der Waals surface area contributed by atoms with E-state index in [0.29, 0.717) is 17.5 Å². The Hall–Kier alpha value is -1.22. The third-order valence-electron chi connectivity index (χ3n) is 3.55. The molecule has 0 saturated heterocycles. The molecule has 1 atom stereocenters. The molecule has 1 unspecified atom stereocenters. The van der Waals surface area contributed by atoms with E-state index in [-0.39, 0.29) is 10.8 Å². The van der Waals surface area contributed by atoms with Crippen LogP contribution in [0.5, 0.6) is 5.75 Å². The highest BCUT2D eigenvalue weighted by molar-refractivity contribution is 6.35. The molecular weight excluding hydrogens is 305 g/mol. The summed E-state index contributed by atoms with van der Waals surface area (Å²) < 4.78 is 0. The number of hydrogen-bond acceptors (Lipinski definition) is 2. The molecule has 2 aromatic rings. The third kappa shape index (κ3) is 4.63. The van der Waals surface area contributed by atoms with Gasteiger partial charge in [0.1, 0.15) is 5.75 Å². The van der Waals surface area contributed by atoms with E-state index >= 15 is 0 Å². The average Bonchev–Trinajstić information content (AvgIpc) is 2.49. The Morgan fingerprint density at radius 2 is 1.86 bits per heavy atom. The lowest BCUT2D eigenvalue weighted by Crippen LogP contribution is -2.16. The van der Waals surface area contributed by atoms with Crippen LogP contribution in [0.15, 0.2) is 42.5 Å². The Balaban J connectivity index is 1.83. The van der Waals surface area contributed by atoms with Gasteiger partial charge in [0.15, 0.2) is 0 Å². The molecule has 0 aliphatic rings. The van der Waals surface area contributed by atoms with Gasteiger partial charge in [-0.25, -0.2) is 0 Å². The molecule has 4 heteroatoms. The van der Waals surface area contributed by atoms with Crippen LogP contribution in [0.2, 0.25) is 10.0 Å². The van der Waals surface area contributed by atoms with Crippen molar-refractivity contribution < 1.29 is 5.11 Å². The van der Waals surface area contributed by atoms with Gasteiger partial charge < -0.3 is 10.4 Å². The van der Waals surface area contributed by atoms with Crippen molar-refractivity contribution in [3.05, 3.63) is 63.6 Å². The van der Waals surface area contributed by atoms with Crippen LogP contribution in [0.1, 0.15) is 30.4 Å². The molecular formula is C17H19Cl2NO. The monoisotopic (exact) mass is 323 g/mol. The zero-order chi connectivity index (χ0) is 15.2. The summed E-state index contributed by atoms with van der Waals surface area (Å²) in [5.41, 5.74) is 2.06. The predicted octanol–water partition coefficient (Wildman–Crippen LogP) is 4.98. The number of benzene rings is 2. The van der Waals surface area contributed by atoms with Gasteiger partial charge in [0.05, 0.1) is 5.02 Å². The smallest absolute Gasteiger partial charge is 0.138 e. The Bertz CT molecular complexity index is 587. The number of nitrogens with one attached hydrogen (secondary N) is 1. The molecule has 0 aliphatic heterocycles. The molecule has 112 valence electrons. The van der Waals surface area contributed by atoms with Gasteiger partial charge in [0.25, 0.3) is 0 Å². The van der Waals surface area contributed by atoms with E-state index in [1.165, 1.54) is 5.56 Å². The number of rotatable bonds is 6. The fourth-order valence-electron chi connectivity index (χ4n) is 2.24. The first kappa shape index (κ1) is 16.2. The lowest BCUT2D eigenvalue weighted by Gasteiger charge is -2.13. The summed E-state index contributed by atoms with van der Waals surface area (Å²) >= 11 is 11.8. The van der Waals surface area contributed by atoms with Crippen LogP contribution in [-0.4, -0.2) is 11.7 Å². The van der Waals surface area contributed by atoms with E-state index < -0.39 is 0 Å². The zero-order valence-electron chi connectivity index (χ0n) is 11.9. The molecule has 0 fully saturated rings. The second-order valence-electron chi connectivity index (χ2n) is 5.17. The summed E-state index contributed by atoms with van der Waals surface area (Å²) in [5.74, 6) is 0.597. The van der Waals surface area contributed by atoms with Gasteiger partial charge in [0.2, 0.25) is 0 Å². The van der Waals surface area contributed by atoms with Crippen molar-refractivity contribution in [3.63, 3.8) is 0 Å². The van der Waals surface area contributed by atoms with E-state index in [9.17, 15) is 5.11 Å². The minimum atomic E-state index is 0.102. The summed E-state index contributed by atoms with van der Waals surface area (Å²) in [6, 6.07) is 13.7. The number of aromatic hydroxyl groups is 1. The molecule has 0 aromatic heterocycles. The lowest BCUT2D eigenvalue weighted by molar-refractivity contribution is 0.464. The second-order valence-corrected chi connectivity index (χ2v) is 6.02. The van der Waals surface area contributed by atoms with Crippen LogP contribution < -0.4 is 5.32 Å². The largest absolute Gasteiger partial charge is 0.506 e. The normalized spacial score (nSPS) is 12.3. The maximum absolute atomic E-state index is 9.88. The zero-order valence-corrected chi connectivity index (χ0v) is 13.5. The van der Waals surface area contributed by atoms with Crippen LogP contribution in [-0.2, 0) is 6.54 Å². The molecule has 21 heavy (non-hydrogen) atoms. The van der Waals surface area contributed by atoms with Gasteiger partial charge in [-0.2, -0.15) is 0 Å². The standard InChI is InChI=1S/C17H19Cl2NO/c1-12(13-5-3-2-4-6-13)7-8-20-11-14-9-15(18)10-16(19)17(14)21/h2-6,9-10,12,20-21H,7-8,11H2,1H3. The highest BCUT2D eigenvalue weighted by Crippen LogP contribution is 2.31. The SMILES string of the molecule is CC(CCNCc1cc(Cl)cc(Cl)c1O)c1ccccc1. The topological polar surface area (TPSA) is 32.3 Å². The van der Waals surface area contributed by atoms with Gasteiger partial charge in [-0.15, -0.1) is 0 Å². The summed E-state index contributed by atoms with van der Waals surface area (Å²) in [6.45, 7) is 3.62. The van der Waals surface area contributed by atoms with Gasteiger partial charge in [-0.3, -0.25) is 0 Å². The molecule has 2 N–H and O–H groups in total. The first-order valence-corrected chi connectivity index (χ1v) is 7.76. The van der Waals surface area contributed by atoms with Crippen LogP contribution >= 0.6 is 23.2 Å². The second kappa shape index (κ2) is 7.69. The van der Waals surface area contributed by atoms with Crippen molar-refractivity contribution in [3.8, 4) is 5.75 Å². The van der Waals surface area contributed by atoms with Crippen molar-refractivity contribution >= 4 is 23.2 Å². The van der Waals surface area contributed by atoms with E-state index in [1.807, 2.05) is 6.07 Å². The maximum Gasteiger partial charge on any atom is 0.138 e. The van der Waals surface area contributed by atoms with E-state index in [1.54, 1.807) is 12.1 Å². The van der Waals surface area contributed by atoms with Crippen molar-refractivity contribution in [2.75, 3.05) is 6.54 Å². The van der Waals surface area contributed by atoms with Crippen LogP contribution in [0.25, 0.3) is 0 Å².